The molecule has 0 aliphatic heterocycles. The van der Waals surface area contributed by atoms with E-state index in [1.807, 2.05) is 6.08 Å². The van der Waals surface area contributed by atoms with Gasteiger partial charge < -0.3 is 5.32 Å². The van der Waals surface area contributed by atoms with Gasteiger partial charge in [0.15, 0.2) is 0 Å². The fourth-order valence-electron chi connectivity index (χ4n) is 2.61. The molecule has 1 aliphatic rings. The molecule has 1 unspecified atom stereocenters. The largest absolute Gasteiger partial charge is 0.316 e. The Kier molecular flexibility index (Phi) is 5.81. The number of benzene rings is 1. The molecule has 1 atom stereocenters. The van der Waals surface area contributed by atoms with Crippen LogP contribution in [0, 0.1) is 0 Å². The topological polar surface area (TPSA) is 15.3 Å². The van der Waals surface area contributed by atoms with Crippen LogP contribution in [0.2, 0.25) is 0 Å². The second kappa shape index (κ2) is 7.61. The number of nitrogens with one attached hydrogen (secondary N) is 1. The molecule has 20 heavy (non-hydrogen) atoms. The summed E-state index contributed by atoms with van der Waals surface area (Å²) in [6.07, 6.45) is 4.72. The molecule has 1 aliphatic carbocycles. The van der Waals surface area contributed by atoms with Crippen molar-refractivity contribution < 1.29 is 0 Å². The lowest BCUT2D eigenvalue weighted by Crippen LogP contribution is -2.25. The lowest BCUT2D eigenvalue weighted by molar-refractivity contribution is 0.284. The third kappa shape index (κ3) is 4.46. The van der Waals surface area contributed by atoms with Gasteiger partial charge in [-0.2, -0.15) is 0 Å². The van der Waals surface area contributed by atoms with Gasteiger partial charge in [-0.15, -0.1) is 6.58 Å². The van der Waals surface area contributed by atoms with E-state index in [9.17, 15) is 0 Å². The van der Waals surface area contributed by atoms with E-state index in [1.54, 1.807) is 0 Å². The van der Waals surface area contributed by atoms with Crippen LogP contribution in [0.25, 0.3) is 0 Å². The highest BCUT2D eigenvalue weighted by molar-refractivity contribution is 5.25. The summed E-state index contributed by atoms with van der Waals surface area (Å²) in [6, 6.07) is 9.94. The van der Waals surface area contributed by atoms with Gasteiger partial charge >= 0.3 is 0 Å². The highest BCUT2D eigenvalue weighted by Crippen LogP contribution is 2.28. The fourth-order valence-corrected chi connectivity index (χ4v) is 2.61. The molecule has 0 bridgehead atoms. The zero-order valence-corrected chi connectivity index (χ0v) is 12.9. The zero-order chi connectivity index (χ0) is 14.4. The van der Waals surface area contributed by atoms with Gasteiger partial charge in [-0.05, 0) is 36.4 Å². The first-order valence-electron chi connectivity index (χ1n) is 7.89. The van der Waals surface area contributed by atoms with Gasteiger partial charge in [0, 0.05) is 25.7 Å². The van der Waals surface area contributed by atoms with Crippen LogP contribution in [0.3, 0.4) is 0 Å². The number of nitrogens with zero attached hydrogens (tertiary/aromatic N) is 1. The molecule has 1 fully saturated rings. The third-order valence-electron chi connectivity index (χ3n) is 4.06. The molecule has 1 aromatic carbocycles. The summed E-state index contributed by atoms with van der Waals surface area (Å²) in [6.45, 7) is 12.5. The molecule has 0 spiro atoms. The smallest absolute Gasteiger partial charge is 0.0239 e. The van der Waals surface area contributed by atoms with Gasteiger partial charge in [-0.3, -0.25) is 4.90 Å². The van der Waals surface area contributed by atoms with Crippen molar-refractivity contribution in [1.82, 2.24) is 10.2 Å². The van der Waals surface area contributed by atoms with E-state index < -0.39 is 0 Å². The predicted molar refractivity (Wildman–Crippen MR) is 87.0 cm³/mol. The molecule has 2 heteroatoms. The second-order valence-corrected chi connectivity index (χ2v) is 5.90. The van der Waals surface area contributed by atoms with Crippen molar-refractivity contribution in [3.8, 4) is 0 Å². The minimum atomic E-state index is 0.580. The maximum absolute atomic E-state index is 3.87. The van der Waals surface area contributed by atoms with Crippen LogP contribution < -0.4 is 5.32 Å². The minimum absolute atomic E-state index is 0.580. The Bertz CT molecular complexity index is 406. The van der Waals surface area contributed by atoms with Gasteiger partial charge in [0.1, 0.15) is 0 Å². The SMILES string of the molecule is C=CCN(Cc1ccc(C(C)CNCC)cc1)C1CC1. The Hall–Kier alpha value is -1.12. The normalized spacial score (nSPS) is 16.4. The summed E-state index contributed by atoms with van der Waals surface area (Å²) in [5.41, 5.74) is 2.84. The van der Waals surface area contributed by atoms with E-state index in [2.05, 4.69) is 54.9 Å². The Morgan fingerprint density at radius 2 is 2.05 bits per heavy atom. The summed E-state index contributed by atoms with van der Waals surface area (Å²) in [4.78, 5) is 2.53. The molecule has 2 rings (SSSR count). The van der Waals surface area contributed by atoms with E-state index >= 15 is 0 Å². The van der Waals surface area contributed by atoms with Gasteiger partial charge in [0.2, 0.25) is 0 Å². The summed E-state index contributed by atoms with van der Waals surface area (Å²) in [5.74, 6) is 0.580. The van der Waals surface area contributed by atoms with Gasteiger partial charge in [0.25, 0.3) is 0 Å². The average Bonchev–Trinajstić information content (AvgIpc) is 3.29. The average molecular weight is 272 g/mol. The van der Waals surface area contributed by atoms with Crippen molar-refractivity contribution in [1.29, 1.82) is 0 Å². The minimum Gasteiger partial charge on any atom is -0.316 e. The maximum atomic E-state index is 3.87. The molecular formula is C18H28N2. The molecule has 0 saturated heterocycles. The van der Waals surface area contributed by atoms with Crippen LogP contribution in [0.1, 0.15) is 43.7 Å². The molecule has 2 nitrogen and oxygen atoms in total. The van der Waals surface area contributed by atoms with Crippen molar-refractivity contribution in [2.75, 3.05) is 19.6 Å². The van der Waals surface area contributed by atoms with Crippen molar-refractivity contribution in [3.63, 3.8) is 0 Å². The second-order valence-electron chi connectivity index (χ2n) is 5.90. The van der Waals surface area contributed by atoms with Crippen molar-refractivity contribution in [2.24, 2.45) is 0 Å². The van der Waals surface area contributed by atoms with Gasteiger partial charge in [0.05, 0.1) is 0 Å². The molecular weight excluding hydrogens is 244 g/mol. The van der Waals surface area contributed by atoms with Gasteiger partial charge in [-0.1, -0.05) is 44.2 Å². The van der Waals surface area contributed by atoms with Crippen LogP contribution in [0.15, 0.2) is 36.9 Å². The molecule has 1 aromatic rings. The molecule has 0 aromatic heterocycles. The first-order chi connectivity index (χ1) is 9.74. The summed E-state index contributed by atoms with van der Waals surface area (Å²) < 4.78 is 0. The van der Waals surface area contributed by atoms with E-state index in [0.29, 0.717) is 5.92 Å². The Balaban J connectivity index is 1.91. The van der Waals surface area contributed by atoms with Crippen LogP contribution in [-0.4, -0.2) is 30.6 Å². The Morgan fingerprint density at radius 1 is 1.35 bits per heavy atom. The molecule has 0 amide bonds. The quantitative estimate of drug-likeness (QED) is 0.692. The summed E-state index contributed by atoms with van der Waals surface area (Å²) >= 11 is 0. The van der Waals surface area contributed by atoms with E-state index in [0.717, 1.165) is 32.2 Å². The predicted octanol–water partition coefficient (Wildman–Crippen LogP) is 3.55. The molecule has 0 heterocycles. The fraction of sp³-hybridized carbons (Fsp3) is 0.556. The molecule has 1 N–H and O–H groups in total. The van der Waals surface area contributed by atoms with Crippen molar-refractivity contribution >= 4 is 0 Å². The van der Waals surface area contributed by atoms with Crippen LogP contribution >= 0.6 is 0 Å². The standard InChI is InChI=1S/C18H28N2/c1-4-12-20(18-10-11-18)14-16-6-8-17(9-7-16)15(3)13-19-5-2/h4,6-9,15,18-19H,1,5,10-14H2,2-3H3. The Labute approximate surface area is 123 Å². The lowest BCUT2D eigenvalue weighted by atomic mass is 9.99. The van der Waals surface area contributed by atoms with Gasteiger partial charge in [-0.25, -0.2) is 0 Å². The lowest BCUT2D eigenvalue weighted by Gasteiger charge is -2.20. The first-order valence-corrected chi connectivity index (χ1v) is 7.89. The summed E-state index contributed by atoms with van der Waals surface area (Å²) in [5, 5.41) is 3.41. The summed E-state index contributed by atoms with van der Waals surface area (Å²) in [7, 11) is 0. The number of rotatable bonds is 9. The van der Waals surface area contributed by atoms with Crippen LogP contribution in [-0.2, 0) is 6.54 Å². The van der Waals surface area contributed by atoms with E-state index in [1.165, 1.54) is 24.0 Å². The number of likely N-dealkylation sites (N-methyl/N-ethyl adjacent to an activating group) is 1. The first kappa shape index (κ1) is 15.3. The van der Waals surface area contributed by atoms with Crippen LogP contribution in [0.4, 0.5) is 0 Å². The van der Waals surface area contributed by atoms with E-state index in [4.69, 9.17) is 0 Å². The molecule has 1 saturated carbocycles. The van der Waals surface area contributed by atoms with Crippen molar-refractivity contribution in [3.05, 3.63) is 48.0 Å². The highest BCUT2D eigenvalue weighted by atomic mass is 15.2. The monoisotopic (exact) mass is 272 g/mol. The number of hydrogen-bond acceptors (Lipinski definition) is 2. The zero-order valence-electron chi connectivity index (χ0n) is 12.9. The third-order valence-corrected chi connectivity index (χ3v) is 4.06. The van der Waals surface area contributed by atoms with Crippen LogP contribution in [0.5, 0.6) is 0 Å². The van der Waals surface area contributed by atoms with E-state index in [-0.39, 0.29) is 0 Å². The molecule has 110 valence electrons. The van der Waals surface area contributed by atoms with Crippen molar-refractivity contribution in [2.45, 2.75) is 45.2 Å². The molecule has 0 radical (unpaired) electrons. The maximum Gasteiger partial charge on any atom is 0.0239 e. The highest BCUT2D eigenvalue weighted by Gasteiger charge is 2.27. The Morgan fingerprint density at radius 3 is 2.60 bits per heavy atom. The number of hydrogen-bond donors (Lipinski definition) is 1.